The van der Waals surface area contributed by atoms with Gasteiger partial charge in [0.25, 0.3) is 0 Å². The maximum Gasteiger partial charge on any atom is 0.573 e. The Kier molecular flexibility index (Phi) is 7.05. The molecule has 3 N–H and O–H groups in total. The first kappa shape index (κ1) is 25.9. The first-order chi connectivity index (χ1) is 17.4. The van der Waals surface area contributed by atoms with Crippen molar-refractivity contribution in [2.24, 2.45) is 5.92 Å². The number of hydrogen-bond acceptors (Lipinski definition) is 6. The Labute approximate surface area is 207 Å². The molecule has 9 nitrogen and oxygen atoms in total. The number of aromatic nitrogens is 2. The zero-order chi connectivity index (χ0) is 26.9. The maximum atomic E-state index is 14.5. The lowest BCUT2D eigenvalue weighted by atomic mass is 10.1. The third-order valence-corrected chi connectivity index (χ3v) is 5.73. The van der Waals surface area contributed by atoms with Crippen molar-refractivity contribution >= 4 is 34.2 Å². The lowest BCUT2D eigenvalue weighted by molar-refractivity contribution is -0.275. The molecule has 1 aliphatic carbocycles. The van der Waals surface area contributed by atoms with Gasteiger partial charge in [-0.05, 0) is 42.7 Å². The molecule has 1 fully saturated rings. The number of aromatic hydroxyl groups is 1. The van der Waals surface area contributed by atoms with Gasteiger partial charge in [-0.1, -0.05) is 18.9 Å². The number of carbonyl (C=O) groups excluding carboxylic acids is 3. The molecule has 3 aromatic rings. The Morgan fingerprint density at radius 3 is 2.59 bits per heavy atom. The van der Waals surface area contributed by atoms with E-state index in [2.05, 4.69) is 20.5 Å². The Morgan fingerprint density at radius 2 is 1.95 bits per heavy atom. The van der Waals surface area contributed by atoms with E-state index in [4.69, 9.17) is 0 Å². The minimum absolute atomic E-state index is 0.0578. The van der Waals surface area contributed by atoms with E-state index in [0.717, 1.165) is 31.0 Å². The highest BCUT2D eigenvalue weighted by Gasteiger charge is 2.34. The van der Waals surface area contributed by atoms with Gasteiger partial charge < -0.3 is 20.5 Å². The number of benzene rings is 2. The standard InChI is InChI=1S/C24H22F4N4O5/c1-12(33)22-15-10-14(34)7-8-18(15)32(31-22)11-20(35)29-17(9-13-5-6-13)23(36)30-16-3-2-4-19(21(16)25)37-24(26,27)28/h2-4,7-8,10,13,17,34H,5-6,9,11H2,1H3,(H,29,35)(H,30,36)/t17-/m0/s1. The number of carbonyl (C=O) groups is 3. The van der Waals surface area contributed by atoms with Crippen molar-refractivity contribution in [1.29, 1.82) is 0 Å². The van der Waals surface area contributed by atoms with E-state index >= 15 is 0 Å². The molecule has 0 saturated heterocycles. The van der Waals surface area contributed by atoms with Crippen LogP contribution in [0.3, 0.4) is 0 Å². The van der Waals surface area contributed by atoms with Gasteiger partial charge in [0.1, 0.15) is 24.0 Å². The predicted molar refractivity (Wildman–Crippen MR) is 122 cm³/mol. The molecule has 4 rings (SSSR count). The smallest absolute Gasteiger partial charge is 0.508 e. The van der Waals surface area contributed by atoms with E-state index in [1.807, 2.05) is 0 Å². The molecule has 1 saturated carbocycles. The normalized spacial score (nSPS) is 14.3. The van der Waals surface area contributed by atoms with Crippen molar-refractivity contribution in [2.75, 3.05) is 5.32 Å². The van der Waals surface area contributed by atoms with Gasteiger partial charge in [-0.25, -0.2) is 4.39 Å². The van der Waals surface area contributed by atoms with E-state index in [9.17, 15) is 37.1 Å². The summed E-state index contributed by atoms with van der Waals surface area (Å²) < 4.78 is 57.0. The molecule has 0 bridgehead atoms. The first-order valence-corrected chi connectivity index (χ1v) is 11.3. The number of Topliss-reactive ketones (excluding diaryl/α,β-unsaturated/α-hetero) is 1. The van der Waals surface area contributed by atoms with E-state index in [0.29, 0.717) is 10.9 Å². The van der Waals surface area contributed by atoms with Gasteiger partial charge in [-0.3, -0.25) is 19.1 Å². The average Bonchev–Trinajstić information content (AvgIpc) is 3.55. The van der Waals surface area contributed by atoms with Gasteiger partial charge in [-0.2, -0.15) is 5.10 Å². The number of halogens is 4. The Morgan fingerprint density at radius 1 is 1.22 bits per heavy atom. The van der Waals surface area contributed by atoms with Crippen molar-refractivity contribution in [3.8, 4) is 11.5 Å². The second-order valence-corrected chi connectivity index (χ2v) is 8.72. The van der Waals surface area contributed by atoms with Crippen LogP contribution in [-0.2, 0) is 16.1 Å². The number of amides is 2. The second kappa shape index (κ2) is 10.1. The van der Waals surface area contributed by atoms with Gasteiger partial charge >= 0.3 is 6.36 Å². The topological polar surface area (TPSA) is 123 Å². The summed E-state index contributed by atoms with van der Waals surface area (Å²) in [5, 5.41) is 19.0. The number of fused-ring (bicyclic) bond motifs is 1. The fourth-order valence-electron chi connectivity index (χ4n) is 3.87. The van der Waals surface area contributed by atoms with Crippen LogP contribution in [0, 0.1) is 11.7 Å². The molecule has 2 aromatic carbocycles. The van der Waals surface area contributed by atoms with Crippen LogP contribution in [-0.4, -0.2) is 44.9 Å². The SMILES string of the molecule is CC(=O)c1nn(CC(=O)N[C@@H](CC2CC2)C(=O)Nc2cccc(OC(F)(F)F)c2F)c2ccc(O)cc12. The van der Waals surface area contributed by atoms with Crippen LogP contribution in [0.15, 0.2) is 36.4 Å². The highest BCUT2D eigenvalue weighted by Crippen LogP contribution is 2.34. The van der Waals surface area contributed by atoms with Crippen LogP contribution in [0.2, 0.25) is 0 Å². The molecule has 13 heteroatoms. The Balaban J connectivity index is 1.50. The highest BCUT2D eigenvalue weighted by atomic mass is 19.4. The van der Waals surface area contributed by atoms with Gasteiger partial charge in [0.05, 0.1) is 11.2 Å². The highest BCUT2D eigenvalue weighted by molar-refractivity contribution is 6.05. The minimum Gasteiger partial charge on any atom is -0.508 e. The largest absolute Gasteiger partial charge is 0.573 e. The quantitative estimate of drug-likeness (QED) is 0.289. The third kappa shape index (κ3) is 6.35. The minimum atomic E-state index is -5.12. The maximum absolute atomic E-state index is 14.5. The monoisotopic (exact) mass is 522 g/mol. The Bertz CT molecular complexity index is 1370. The average molecular weight is 522 g/mol. The third-order valence-electron chi connectivity index (χ3n) is 5.73. The first-order valence-electron chi connectivity index (χ1n) is 11.3. The number of nitrogens with zero attached hydrogens (tertiary/aromatic N) is 2. The zero-order valence-electron chi connectivity index (χ0n) is 19.4. The summed E-state index contributed by atoms with van der Waals surface area (Å²) in [4.78, 5) is 37.7. The number of ketones is 1. The van der Waals surface area contributed by atoms with Crippen molar-refractivity contribution in [3.63, 3.8) is 0 Å². The molecule has 0 spiro atoms. The number of alkyl halides is 3. The summed E-state index contributed by atoms with van der Waals surface area (Å²) in [5.74, 6) is -4.28. The lowest BCUT2D eigenvalue weighted by Crippen LogP contribution is -2.45. The summed E-state index contributed by atoms with van der Waals surface area (Å²) in [6, 6.07) is 6.03. The molecule has 1 aromatic heterocycles. The molecule has 0 aliphatic heterocycles. The predicted octanol–water partition coefficient (Wildman–Crippen LogP) is 3.91. The molecule has 2 amide bonds. The van der Waals surface area contributed by atoms with Crippen LogP contribution in [0.25, 0.3) is 10.9 Å². The van der Waals surface area contributed by atoms with E-state index in [1.165, 1.54) is 29.8 Å². The zero-order valence-corrected chi connectivity index (χ0v) is 19.4. The summed E-state index contributed by atoms with van der Waals surface area (Å²) in [7, 11) is 0. The van der Waals surface area contributed by atoms with Crippen LogP contribution in [0.5, 0.6) is 11.5 Å². The van der Waals surface area contributed by atoms with Crippen LogP contribution in [0.1, 0.15) is 36.7 Å². The molecule has 1 aliphatic rings. The summed E-state index contributed by atoms with van der Waals surface area (Å²) >= 11 is 0. The molecule has 1 atom stereocenters. The number of nitrogens with one attached hydrogen (secondary N) is 2. The number of anilines is 1. The molecular weight excluding hydrogens is 500 g/mol. The number of ether oxygens (including phenoxy) is 1. The number of phenols is 1. The van der Waals surface area contributed by atoms with Crippen molar-refractivity contribution in [1.82, 2.24) is 15.1 Å². The fourth-order valence-corrected chi connectivity index (χ4v) is 3.87. The molecular formula is C24H22F4N4O5. The van der Waals surface area contributed by atoms with Gasteiger partial charge in [0.15, 0.2) is 17.3 Å². The summed E-state index contributed by atoms with van der Waals surface area (Å²) in [5.41, 5.74) is -0.0712. The van der Waals surface area contributed by atoms with E-state index in [-0.39, 0.29) is 36.1 Å². The van der Waals surface area contributed by atoms with Crippen molar-refractivity contribution in [3.05, 3.63) is 47.9 Å². The Hall–Kier alpha value is -4.16. The number of hydrogen-bond donors (Lipinski definition) is 3. The van der Waals surface area contributed by atoms with Crippen LogP contribution < -0.4 is 15.4 Å². The van der Waals surface area contributed by atoms with Crippen molar-refractivity contribution < 1.29 is 41.8 Å². The number of phenolic OH excluding ortho intramolecular Hbond substituents is 1. The molecule has 0 radical (unpaired) electrons. The van der Waals surface area contributed by atoms with Crippen LogP contribution >= 0.6 is 0 Å². The van der Waals surface area contributed by atoms with Gasteiger partial charge in [-0.15, -0.1) is 13.2 Å². The van der Waals surface area contributed by atoms with E-state index in [1.54, 1.807) is 0 Å². The van der Waals surface area contributed by atoms with Crippen molar-refractivity contribution in [2.45, 2.75) is 45.1 Å². The second-order valence-electron chi connectivity index (χ2n) is 8.72. The fraction of sp³-hybridized carbons (Fsp3) is 0.333. The van der Waals surface area contributed by atoms with Gasteiger partial charge in [0, 0.05) is 12.3 Å². The number of rotatable bonds is 9. The van der Waals surface area contributed by atoms with Gasteiger partial charge in [0.2, 0.25) is 11.8 Å². The van der Waals surface area contributed by atoms with E-state index < -0.39 is 41.5 Å². The molecule has 0 unspecified atom stereocenters. The summed E-state index contributed by atoms with van der Waals surface area (Å²) in [6.07, 6.45) is -3.22. The molecule has 196 valence electrons. The van der Waals surface area contributed by atoms with Crippen LogP contribution in [0.4, 0.5) is 23.2 Å². The lowest BCUT2D eigenvalue weighted by Gasteiger charge is -2.19. The molecule has 37 heavy (non-hydrogen) atoms. The molecule has 1 heterocycles. The summed E-state index contributed by atoms with van der Waals surface area (Å²) in [6.45, 7) is 0.923.